The first-order chi connectivity index (χ1) is 6.90. The van der Waals surface area contributed by atoms with E-state index in [0.717, 1.165) is 6.42 Å². The van der Waals surface area contributed by atoms with Crippen LogP contribution in [-0.2, 0) is 0 Å². The second kappa shape index (κ2) is 6.84. The summed E-state index contributed by atoms with van der Waals surface area (Å²) in [6.45, 7) is 17.3. The van der Waals surface area contributed by atoms with Gasteiger partial charge in [0.15, 0.2) is 0 Å². The molecule has 0 saturated heterocycles. The zero-order valence-electron chi connectivity index (χ0n) is 10.9. The maximum absolute atomic E-state index is 4.16. The Morgan fingerprint density at radius 2 is 1.87 bits per heavy atom. The first-order valence-corrected chi connectivity index (χ1v) is 9.49. The highest BCUT2D eigenvalue weighted by molar-refractivity contribution is 6.81. The summed E-state index contributed by atoms with van der Waals surface area (Å²) in [5, 5.41) is 0. The number of allylic oxidation sites excluding steroid dienone is 3. The summed E-state index contributed by atoms with van der Waals surface area (Å²) in [4.78, 5) is 0. The van der Waals surface area contributed by atoms with Crippen molar-refractivity contribution in [3.05, 3.63) is 36.1 Å². The third-order valence-electron chi connectivity index (χ3n) is 2.25. The molecule has 0 aliphatic rings. The molecule has 0 saturated carbocycles. The summed E-state index contributed by atoms with van der Waals surface area (Å²) >= 11 is 0. The molecule has 15 heavy (non-hydrogen) atoms. The van der Waals surface area contributed by atoms with Crippen LogP contribution in [0.15, 0.2) is 36.1 Å². The van der Waals surface area contributed by atoms with E-state index in [4.69, 9.17) is 0 Å². The van der Waals surface area contributed by atoms with E-state index in [-0.39, 0.29) is 0 Å². The number of unbranched alkanes of at least 4 members (excludes halogenated alkanes) is 1. The van der Waals surface area contributed by atoms with Crippen LogP contribution < -0.4 is 0 Å². The van der Waals surface area contributed by atoms with Crippen LogP contribution in [0.3, 0.4) is 0 Å². The van der Waals surface area contributed by atoms with Crippen LogP contribution in [0.2, 0.25) is 19.6 Å². The Bertz CT molecular complexity index is 241. The molecule has 0 aromatic heterocycles. The largest absolute Gasteiger partial charge is 0.103 e. The lowest BCUT2D eigenvalue weighted by molar-refractivity contribution is 0.789. The van der Waals surface area contributed by atoms with Crippen LogP contribution in [-0.4, -0.2) is 8.07 Å². The summed E-state index contributed by atoms with van der Waals surface area (Å²) in [7, 11) is -1.12. The molecular weight excluding hydrogens is 196 g/mol. The minimum absolute atomic E-state index is 0.931. The predicted octanol–water partition coefficient (Wildman–Crippen LogP) is 5.11. The molecule has 0 spiro atoms. The fourth-order valence-corrected chi connectivity index (χ4v) is 2.94. The lowest BCUT2D eigenvalue weighted by Gasteiger charge is -2.16. The van der Waals surface area contributed by atoms with Gasteiger partial charge in [0.25, 0.3) is 0 Å². The summed E-state index contributed by atoms with van der Waals surface area (Å²) in [6.07, 6.45) is 6.59. The van der Waals surface area contributed by atoms with Crippen LogP contribution >= 0.6 is 0 Å². The first-order valence-electron chi connectivity index (χ1n) is 5.91. The van der Waals surface area contributed by atoms with E-state index in [1.54, 1.807) is 0 Å². The lowest BCUT2D eigenvalue weighted by Crippen LogP contribution is -2.17. The highest BCUT2D eigenvalue weighted by Crippen LogP contribution is 2.21. The van der Waals surface area contributed by atoms with E-state index >= 15 is 0 Å². The van der Waals surface area contributed by atoms with Crippen molar-refractivity contribution in [3.8, 4) is 0 Å². The van der Waals surface area contributed by atoms with Gasteiger partial charge in [0.05, 0.1) is 8.07 Å². The standard InChI is InChI=1S/C14H26Si/c1-7-9-11-14(12-15(4,5)6)13(3)10-8-2/h8,12H,2-3,7,9-11H2,1,4-6H3/b14-12-. The van der Waals surface area contributed by atoms with E-state index in [9.17, 15) is 0 Å². The van der Waals surface area contributed by atoms with Gasteiger partial charge >= 0.3 is 0 Å². The van der Waals surface area contributed by atoms with E-state index < -0.39 is 8.07 Å². The van der Waals surface area contributed by atoms with Gasteiger partial charge in [0, 0.05) is 0 Å². The molecule has 0 radical (unpaired) electrons. The van der Waals surface area contributed by atoms with Crippen molar-refractivity contribution in [3.63, 3.8) is 0 Å². The average molecular weight is 222 g/mol. The van der Waals surface area contributed by atoms with Crippen molar-refractivity contribution in [1.82, 2.24) is 0 Å². The van der Waals surface area contributed by atoms with Gasteiger partial charge in [-0.3, -0.25) is 0 Å². The number of hydrogen-bond acceptors (Lipinski definition) is 0. The van der Waals surface area contributed by atoms with Crippen molar-refractivity contribution < 1.29 is 0 Å². The zero-order chi connectivity index (χ0) is 11.9. The summed E-state index contributed by atoms with van der Waals surface area (Å²) in [6, 6.07) is 0. The monoisotopic (exact) mass is 222 g/mol. The molecule has 0 fully saturated rings. The molecule has 0 N–H and O–H groups in total. The number of hydrogen-bond donors (Lipinski definition) is 0. The minimum Gasteiger partial charge on any atom is -0.103 e. The SMILES string of the molecule is C=CCC(=C)/C(=C\[Si](C)(C)C)CCCC. The molecule has 86 valence electrons. The molecule has 0 aromatic rings. The Kier molecular flexibility index (Phi) is 6.58. The van der Waals surface area contributed by atoms with Crippen molar-refractivity contribution in [2.45, 2.75) is 52.2 Å². The maximum atomic E-state index is 4.16. The fourth-order valence-electron chi connectivity index (χ4n) is 1.55. The highest BCUT2D eigenvalue weighted by Gasteiger charge is 2.12. The van der Waals surface area contributed by atoms with Crippen molar-refractivity contribution in [1.29, 1.82) is 0 Å². The molecule has 0 nitrogen and oxygen atoms in total. The van der Waals surface area contributed by atoms with Crippen LogP contribution in [0, 0.1) is 0 Å². The molecule has 0 rings (SSSR count). The van der Waals surface area contributed by atoms with Gasteiger partial charge in [-0.25, -0.2) is 0 Å². The second-order valence-corrected chi connectivity index (χ2v) is 10.3. The summed E-state index contributed by atoms with van der Waals surface area (Å²) < 4.78 is 0. The molecule has 0 bridgehead atoms. The minimum atomic E-state index is -1.12. The molecule has 0 atom stereocenters. The van der Waals surface area contributed by atoms with E-state index in [2.05, 4.69) is 45.4 Å². The van der Waals surface area contributed by atoms with Crippen LogP contribution in [0.25, 0.3) is 0 Å². The smallest absolute Gasteiger partial charge is 0.0690 e. The molecule has 0 amide bonds. The summed E-state index contributed by atoms with van der Waals surface area (Å²) in [5.41, 5.74) is 5.24. The first kappa shape index (κ1) is 14.4. The third kappa shape index (κ3) is 7.38. The van der Waals surface area contributed by atoms with Gasteiger partial charge in [0.2, 0.25) is 0 Å². The van der Waals surface area contributed by atoms with Gasteiger partial charge < -0.3 is 0 Å². The van der Waals surface area contributed by atoms with Crippen LogP contribution in [0.1, 0.15) is 32.6 Å². The van der Waals surface area contributed by atoms with Gasteiger partial charge in [-0.1, -0.05) is 56.9 Å². The van der Waals surface area contributed by atoms with Crippen molar-refractivity contribution in [2.75, 3.05) is 0 Å². The lowest BCUT2D eigenvalue weighted by atomic mass is 10.0. The zero-order valence-corrected chi connectivity index (χ0v) is 11.9. The molecule has 0 aliphatic carbocycles. The van der Waals surface area contributed by atoms with Gasteiger partial charge in [-0.2, -0.15) is 0 Å². The highest BCUT2D eigenvalue weighted by atomic mass is 28.3. The quantitative estimate of drug-likeness (QED) is 0.319. The Hall–Kier alpha value is -0.563. The Morgan fingerprint density at radius 1 is 1.27 bits per heavy atom. The van der Waals surface area contributed by atoms with Crippen molar-refractivity contribution >= 4 is 8.07 Å². The van der Waals surface area contributed by atoms with Gasteiger partial charge in [0.1, 0.15) is 0 Å². The van der Waals surface area contributed by atoms with E-state index in [1.165, 1.54) is 30.4 Å². The molecule has 0 aliphatic heterocycles. The average Bonchev–Trinajstić information content (AvgIpc) is 2.10. The Balaban J connectivity index is 4.64. The van der Waals surface area contributed by atoms with Gasteiger partial charge in [-0.15, -0.1) is 6.58 Å². The van der Waals surface area contributed by atoms with Gasteiger partial charge in [-0.05, 0) is 24.8 Å². The molecule has 1 heteroatoms. The van der Waals surface area contributed by atoms with E-state index in [1.807, 2.05) is 6.08 Å². The maximum Gasteiger partial charge on any atom is 0.0690 e. The normalized spacial score (nSPS) is 12.7. The second-order valence-electron chi connectivity index (χ2n) is 5.24. The fraction of sp³-hybridized carbons (Fsp3) is 0.571. The summed E-state index contributed by atoms with van der Waals surface area (Å²) in [5.74, 6) is 0. The third-order valence-corrected chi connectivity index (χ3v) is 3.47. The van der Waals surface area contributed by atoms with Crippen LogP contribution in [0.4, 0.5) is 0 Å². The van der Waals surface area contributed by atoms with Crippen LogP contribution in [0.5, 0.6) is 0 Å². The predicted molar refractivity (Wildman–Crippen MR) is 74.9 cm³/mol. The Morgan fingerprint density at radius 3 is 2.27 bits per heavy atom. The number of rotatable bonds is 7. The molecule has 0 heterocycles. The topological polar surface area (TPSA) is 0 Å². The van der Waals surface area contributed by atoms with E-state index in [0.29, 0.717) is 0 Å². The molecular formula is C14H26Si. The van der Waals surface area contributed by atoms with Crippen molar-refractivity contribution in [2.24, 2.45) is 0 Å². The molecule has 0 unspecified atom stereocenters. The Labute approximate surface area is 96.8 Å². The molecule has 0 aromatic carbocycles.